The van der Waals surface area contributed by atoms with Crippen molar-refractivity contribution in [1.82, 2.24) is 0 Å². The summed E-state index contributed by atoms with van der Waals surface area (Å²) in [4.78, 5) is 12.6. The molecule has 1 fully saturated rings. The van der Waals surface area contributed by atoms with Crippen LogP contribution in [0.2, 0.25) is 0 Å². The number of hydrogen-bond donors (Lipinski definition) is 1. The average molecular weight is 347 g/mol. The molecule has 3 nitrogen and oxygen atoms in total. The number of esters is 1. The van der Waals surface area contributed by atoms with Crippen molar-refractivity contribution in [2.75, 3.05) is 5.32 Å². The molecule has 1 saturated carbocycles. The van der Waals surface area contributed by atoms with Gasteiger partial charge in [-0.05, 0) is 35.1 Å². The molecule has 134 valence electrons. The van der Waals surface area contributed by atoms with Gasteiger partial charge in [0.25, 0.3) is 0 Å². The Labute approximate surface area is 155 Å². The minimum Gasteiger partial charge on any atom is -0.444 e. The van der Waals surface area contributed by atoms with Crippen molar-refractivity contribution in [3.8, 4) is 12.3 Å². The molecule has 1 aliphatic carbocycles. The number of carbonyl (C=O) groups excluding carboxylic acids is 1. The third kappa shape index (κ3) is 3.20. The molecular formula is C23H25NO2. The Morgan fingerprint density at radius 1 is 1.04 bits per heavy atom. The predicted octanol–water partition coefficient (Wildman–Crippen LogP) is 5.33. The van der Waals surface area contributed by atoms with E-state index in [0.29, 0.717) is 0 Å². The predicted molar refractivity (Wildman–Crippen MR) is 105 cm³/mol. The zero-order valence-corrected chi connectivity index (χ0v) is 15.7. The maximum absolute atomic E-state index is 12.6. The Hall–Kier alpha value is -2.73. The Bertz CT molecular complexity index is 832. The molecular weight excluding hydrogens is 322 g/mol. The molecule has 0 bridgehead atoms. The van der Waals surface area contributed by atoms with Crippen LogP contribution in [0.4, 0.5) is 11.4 Å². The van der Waals surface area contributed by atoms with Crippen molar-refractivity contribution in [2.45, 2.75) is 33.8 Å². The molecule has 1 aliphatic rings. The summed E-state index contributed by atoms with van der Waals surface area (Å²) in [6.07, 6.45) is 4.98. The highest BCUT2D eigenvalue weighted by Crippen LogP contribution is 2.68. The molecule has 1 atom stereocenters. The van der Waals surface area contributed by atoms with E-state index in [1.54, 1.807) is 0 Å². The van der Waals surface area contributed by atoms with Gasteiger partial charge >= 0.3 is 5.97 Å². The summed E-state index contributed by atoms with van der Waals surface area (Å²) >= 11 is 0. The molecule has 2 aromatic carbocycles. The molecule has 3 rings (SSSR count). The molecule has 0 saturated heterocycles. The molecule has 0 heterocycles. The smallest absolute Gasteiger partial charge is 0.311 e. The first-order valence-corrected chi connectivity index (χ1v) is 8.86. The van der Waals surface area contributed by atoms with Crippen LogP contribution < -0.4 is 5.32 Å². The topological polar surface area (TPSA) is 38.3 Å². The molecule has 0 aliphatic heterocycles. The average Bonchev–Trinajstić information content (AvgIpc) is 3.02. The molecule has 0 spiro atoms. The van der Waals surface area contributed by atoms with Crippen LogP contribution in [0.3, 0.4) is 0 Å². The normalized spacial score (nSPS) is 18.4. The highest BCUT2D eigenvalue weighted by atomic mass is 16.5. The van der Waals surface area contributed by atoms with Gasteiger partial charge in [0.1, 0.15) is 0 Å². The largest absolute Gasteiger partial charge is 0.444 e. The van der Waals surface area contributed by atoms with E-state index in [9.17, 15) is 4.79 Å². The molecule has 1 N–H and O–H groups in total. The monoisotopic (exact) mass is 347 g/mol. The number of para-hydroxylation sites is 1. The van der Waals surface area contributed by atoms with Gasteiger partial charge in [-0.3, -0.25) is 4.79 Å². The van der Waals surface area contributed by atoms with E-state index < -0.39 is 6.10 Å². The van der Waals surface area contributed by atoms with E-state index in [0.717, 1.165) is 16.9 Å². The first-order chi connectivity index (χ1) is 12.3. The van der Waals surface area contributed by atoms with E-state index in [1.807, 2.05) is 54.6 Å². The second-order valence-electron chi connectivity index (χ2n) is 7.98. The van der Waals surface area contributed by atoms with Crippen molar-refractivity contribution in [1.29, 1.82) is 0 Å². The van der Waals surface area contributed by atoms with Crippen LogP contribution in [0.5, 0.6) is 0 Å². The van der Waals surface area contributed by atoms with E-state index in [1.165, 1.54) is 0 Å². The molecule has 1 unspecified atom stereocenters. The lowest BCUT2D eigenvalue weighted by atomic mass is 10.0. The van der Waals surface area contributed by atoms with Crippen LogP contribution in [0.1, 0.15) is 39.4 Å². The summed E-state index contributed by atoms with van der Waals surface area (Å²) in [5, 5.41) is 3.33. The molecule has 26 heavy (non-hydrogen) atoms. The maximum Gasteiger partial charge on any atom is 0.311 e. The lowest BCUT2D eigenvalue weighted by Gasteiger charge is -2.15. The second kappa shape index (κ2) is 6.53. The van der Waals surface area contributed by atoms with Gasteiger partial charge in [0.05, 0.1) is 5.92 Å². The van der Waals surface area contributed by atoms with Crippen molar-refractivity contribution < 1.29 is 9.53 Å². The number of rotatable bonds is 5. The fourth-order valence-electron chi connectivity index (χ4n) is 3.64. The number of carbonyl (C=O) groups is 1. The summed E-state index contributed by atoms with van der Waals surface area (Å²) in [5.74, 6) is 2.26. The highest BCUT2D eigenvalue weighted by molar-refractivity contribution is 5.79. The van der Waals surface area contributed by atoms with Gasteiger partial charge in [-0.25, -0.2) is 0 Å². The molecule has 0 aromatic heterocycles. The van der Waals surface area contributed by atoms with E-state index >= 15 is 0 Å². The third-order valence-electron chi connectivity index (χ3n) is 5.89. The summed E-state index contributed by atoms with van der Waals surface area (Å²) < 4.78 is 5.68. The van der Waals surface area contributed by atoms with Gasteiger partial charge in [0, 0.05) is 16.9 Å². The van der Waals surface area contributed by atoms with Crippen molar-refractivity contribution in [3.05, 3.63) is 60.2 Å². The van der Waals surface area contributed by atoms with E-state index in [4.69, 9.17) is 11.2 Å². The van der Waals surface area contributed by atoms with Crippen molar-refractivity contribution >= 4 is 17.3 Å². The highest BCUT2D eigenvalue weighted by Gasteiger charge is 2.69. The standard InChI is InChI=1S/C23H25NO2/c1-6-19(26-21(25)20-22(2,3)23(20,4)5)16-11-10-14-18(15-16)24-17-12-8-7-9-13-17/h1,7-15,19-20,24H,2-5H3. The molecule has 0 amide bonds. The minimum atomic E-state index is -0.688. The Kier molecular flexibility index (Phi) is 4.54. The van der Waals surface area contributed by atoms with Crippen LogP contribution in [-0.4, -0.2) is 5.97 Å². The minimum absolute atomic E-state index is 0.0695. The number of nitrogens with one attached hydrogen (secondary N) is 1. The molecule has 0 radical (unpaired) electrons. The van der Waals surface area contributed by atoms with Gasteiger partial charge < -0.3 is 10.1 Å². The Morgan fingerprint density at radius 3 is 2.23 bits per heavy atom. The van der Waals surface area contributed by atoms with Crippen LogP contribution in [0.15, 0.2) is 54.6 Å². The quantitative estimate of drug-likeness (QED) is 0.587. The van der Waals surface area contributed by atoms with Gasteiger partial charge in [-0.2, -0.15) is 0 Å². The summed E-state index contributed by atoms with van der Waals surface area (Å²) in [5.41, 5.74) is 2.54. The zero-order valence-electron chi connectivity index (χ0n) is 15.7. The number of benzene rings is 2. The number of terminal acetylenes is 1. The third-order valence-corrected chi connectivity index (χ3v) is 5.89. The van der Waals surface area contributed by atoms with Crippen LogP contribution >= 0.6 is 0 Å². The fourth-order valence-corrected chi connectivity index (χ4v) is 3.64. The van der Waals surface area contributed by atoms with Gasteiger partial charge in [-0.1, -0.05) is 63.9 Å². The lowest BCUT2D eigenvalue weighted by Crippen LogP contribution is -2.15. The second-order valence-corrected chi connectivity index (χ2v) is 7.98. The van der Waals surface area contributed by atoms with Crippen LogP contribution in [0.25, 0.3) is 0 Å². The van der Waals surface area contributed by atoms with Gasteiger partial charge in [0.2, 0.25) is 0 Å². The van der Waals surface area contributed by atoms with Gasteiger partial charge in [-0.15, -0.1) is 6.42 Å². The lowest BCUT2D eigenvalue weighted by molar-refractivity contribution is -0.149. The molecule has 3 heteroatoms. The number of hydrogen-bond acceptors (Lipinski definition) is 3. The van der Waals surface area contributed by atoms with E-state index in [-0.39, 0.29) is 22.7 Å². The van der Waals surface area contributed by atoms with Crippen LogP contribution in [-0.2, 0) is 9.53 Å². The summed E-state index contributed by atoms with van der Waals surface area (Å²) in [7, 11) is 0. The number of ether oxygens (including phenoxy) is 1. The first-order valence-electron chi connectivity index (χ1n) is 8.86. The van der Waals surface area contributed by atoms with Crippen molar-refractivity contribution in [3.63, 3.8) is 0 Å². The van der Waals surface area contributed by atoms with Crippen molar-refractivity contribution in [2.24, 2.45) is 16.7 Å². The van der Waals surface area contributed by atoms with Gasteiger partial charge in [0.15, 0.2) is 6.10 Å². The summed E-state index contributed by atoms with van der Waals surface area (Å²) in [6.45, 7) is 8.37. The zero-order chi connectivity index (χ0) is 18.9. The Balaban J connectivity index is 1.74. The summed E-state index contributed by atoms with van der Waals surface area (Å²) in [6, 6.07) is 17.6. The first kappa shape index (κ1) is 18.1. The Morgan fingerprint density at radius 2 is 1.65 bits per heavy atom. The number of anilines is 2. The molecule has 2 aromatic rings. The SMILES string of the molecule is C#CC(OC(=O)C1C(C)(C)C1(C)C)c1cccc(Nc2ccccc2)c1. The fraction of sp³-hybridized carbons (Fsp3) is 0.348. The maximum atomic E-state index is 12.6. The van der Waals surface area contributed by atoms with Crippen LogP contribution in [0, 0.1) is 29.1 Å². The van der Waals surface area contributed by atoms with E-state index in [2.05, 4.69) is 38.9 Å².